The number of amides is 2. The normalized spacial score (nSPS) is 28.2. The van der Waals surface area contributed by atoms with Crippen molar-refractivity contribution in [2.45, 2.75) is 60.2 Å². The standard InChI is InChI=1S/C23H33N3OS2.2ClH/c1-15(2)9-11-26(12-10-24)22(27)25-16(3)14-23-19(29-23)13-18(20-21(23)28-20)17-7-5-4-6-8-17;;/h4-8,13,15-16,19-21H,9-12,14,24H2,1-3H3,(H,25,27);2*1H/t16-,19?,20?,21?,23?;;/m0../s1. The van der Waals surface area contributed by atoms with Crippen molar-refractivity contribution < 1.29 is 4.79 Å². The molecular weight excluding hydrogens is 469 g/mol. The summed E-state index contributed by atoms with van der Waals surface area (Å²) in [7, 11) is 0. The van der Waals surface area contributed by atoms with Gasteiger partial charge in [0.05, 0.1) is 0 Å². The molecule has 0 aromatic heterocycles. The summed E-state index contributed by atoms with van der Waals surface area (Å²) in [4.78, 5) is 14.7. The maximum atomic E-state index is 12.8. The van der Waals surface area contributed by atoms with Crippen LogP contribution in [0.4, 0.5) is 4.79 Å². The van der Waals surface area contributed by atoms with E-state index in [4.69, 9.17) is 5.73 Å². The molecule has 4 nitrogen and oxygen atoms in total. The fourth-order valence-corrected chi connectivity index (χ4v) is 7.97. The lowest BCUT2D eigenvalue weighted by molar-refractivity contribution is 0.192. The molecule has 1 aliphatic carbocycles. The third-order valence-electron chi connectivity index (χ3n) is 6.15. The number of benzene rings is 1. The Hall–Kier alpha value is -0.530. The SMILES string of the molecule is CC(C)CCN(CCN)C(=O)N[C@@H](C)CC12SC1C=C(c1ccccc1)C1SC12.Cl.Cl. The van der Waals surface area contributed by atoms with Crippen LogP contribution in [0.1, 0.15) is 39.2 Å². The maximum Gasteiger partial charge on any atom is 0.317 e. The van der Waals surface area contributed by atoms with Gasteiger partial charge in [0.1, 0.15) is 0 Å². The molecular formula is C23H35Cl2N3OS2. The second-order valence-electron chi connectivity index (χ2n) is 8.97. The summed E-state index contributed by atoms with van der Waals surface area (Å²) in [6.45, 7) is 8.44. The van der Waals surface area contributed by atoms with E-state index < -0.39 is 0 Å². The molecule has 3 aliphatic rings. The molecule has 31 heavy (non-hydrogen) atoms. The number of nitrogens with zero attached hydrogens (tertiary/aromatic N) is 1. The third-order valence-corrected chi connectivity index (χ3v) is 9.46. The Morgan fingerprint density at radius 1 is 1.19 bits per heavy atom. The first-order valence-corrected chi connectivity index (χ1v) is 12.6. The van der Waals surface area contributed by atoms with Gasteiger partial charge in [-0.15, -0.1) is 48.3 Å². The van der Waals surface area contributed by atoms with Gasteiger partial charge in [-0.05, 0) is 36.8 Å². The Morgan fingerprint density at radius 3 is 2.55 bits per heavy atom. The van der Waals surface area contributed by atoms with Crippen molar-refractivity contribution in [2.75, 3.05) is 19.6 Å². The van der Waals surface area contributed by atoms with Gasteiger partial charge in [-0.2, -0.15) is 0 Å². The van der Waals surface area contributed by atoms with Crippen molar-refractivity contribution >= 4 is 59.9 Å². The van der Waals surface area contributed by atoms with E-state index in [1.54, 1.807) is 0 Å². The molecule has 2 aliphatic heterocycles. The number of urea groups is 1. The van der Waals surface area contributed by atoms with Gasteiger partial charge in [-0.3, -0.25) is 0 Å². The van der Waals surface area contributed by atoms with E-state index >= 15 is 0 Å². The van der Waals surface area contributed by atoms with E-state index in [0.29, 0.717) is 39.5 Å². The Bertz CT molecular complexity index is 779. The summed E-state index contributed by atoms with van der Waals surface area (Å²) < 4.78 is 0.316. The number of rotatable bonds is 9. The molecule has 2 saturated heterocycles. The van der Waals surface area contributed by atoms with Crippen LogP contribution in [-0.2, 0) is 0 Å². The van der Waals surface area contributed by atoms with E-state index in [-0.39, 0.29) is 36.9 Å². The largest absolute Gasteiger partial charge is 0.335 e. The summed E-state index contributed by atoms with van der Waals surface area (Å²) in [5, 5.41) is 5.17. The van der Waals surface area contributed by atoms with Crippen molar-refractivity contribution in [3.63, 3.8) is 0 Å². The maximum absolute atomic E-state index is 12.8. The molecule has 0 radical (unpaired) electrons. The molecule has 2 fully saturated rings. The lowest BCUT2D eigenvalue weighted by Gasteiger charge is -2.27. The van der Waals surface area contributed by atoms with Crippen molar-refractivity contribution in [2.24, 2.45) is 11.7 Å². The minimum atomic E-state index is 0. The first-order chi connectivity index (χ1) is 13.9. The summed E-state index contributed by atoms with van der Waals surface area (Å²) in [6.07, 6.45) is 4.55. The third kappa shape index (κ3) is 5.89. The van der Waals surface area contributed by atoms with E-state index in [9.17, 15) is 4.79 Å². The molecule has 1 aromatic rings. The minimum Gasteiger partial charge on any atom is -0.335 e. The van der Waals surface area contributed by atoms with Gasteiger partial charge in [0.2, 0.25) is 0 Å². The fraction of sp³-hybridized carbons (Fsp3) is 0.609. The highest BCUT2D eigenvalue weighted by Crippen LogP contribution is 2.74. The van der Waals surface area contributed by atoms with Crippen LogP contribution in [0.3, 0.4) is 0 Å². The van der Waals surface area contributed by atoms with Crippen LogP contribution in [-0.4, -0.2) is 57.1 Å². The van der Waals surface area contributed by atoms with E-state index in [0.717, 1.165) is 19.4 Å². The Kier molecular flexibility index (Phi) is 9.53. The van der Waals surface area contributed by atoms with Crippen LogP contribution in [0.15, 0.2) is 36.4 Å². The highest BCUT2D eigenvalue weighted by molar-refractivity contribution is 8.14. The first kappa shape index (κ1) is 26.7. The van der Waals surface area contributed by atoms with Crippen molar-refractivity contribution in [1.29, 1.82) is 0 Å². The number of nitrogens with two attached hydrogens (primary N) is 1. The Balaban J connectivity index is 0.00000171. The Labute approximate surface area is 207 Å². The van der Waals surface area contributed by atoms with Crippen LogP contribution in [0.5, 0.6) is 0 Å². The average Bonchev–Trinajstić information content (AvgIpc) is 3.58. The Morgan fingerprint density at radius 2 is 1.90 bits per heavy atom. The quantitative estimate of drug-likeness (QED) is 0.462. The second-order valence-corrected chi connectivity index (χ2v) is 11.8. The number of carbonyl (C=O) groups is 1. The number of carbonyl (C=O) groups excluding carboxylic acids is 1. The molecule has 8 heteroatoms. The molecule has 5 atom stereocenters. The summed E-state index contributed by atoms with van der Waals surface area (Å²) in [5.41, 5.74) is 8.62. The predicted molar refractivity (Wildman–Crippen MR) is 141 cm³/mol. The minimum absolute atomic E-state index is 0. The molecule has 0 saturated carbocycles. The van der Waals surface area contributed by atoms with Gasteiger partial charge >= 0.3 is 6.03 Å². The fourth-order valence-electron chi connectivity index (χ4n) is 4.47. The van der Waals surface area contributed by atoms with Crippen LogP contribution < -0.4 is 11.1 Å². The zero-order chi connectivity index (χ0) is 20.6. The number of hydrogen-bond donors (Lipinski definition) is 2. The van der Waals surface area contributed by atoms with Crippen LogP contribution >= 0.6 is 48.3 Å². The predicted octanol–water partition coefficient (Wildman–Crippen LogP) is 5.06. The van der Waals surface area contributed by atoms with Crippen LogP contribution in [0.2, 0.25) is 0 Å². The monoisotopic (exact) mass is 503 g/mol. The number of fused-ring (bicyclic) bond motifs is 3. The van der Waals surface area contributed by atoms with E-state index in [1.807, 2.05) is 4.90 Å². The van der Waals surface area contributed by atoms with Crippen molar-refractivity contribution in [3.8, 4) is 0 Å². The zero-order valence-electron chi connectivity index (χ0n) is 18.5. The van der Waals surface area contributed by atoms with Crippen molar-refractivity contribution in [1.82, 2.24) is 10.2 Å². The average molecular weight is 505 g/mol. The van der Waals surface area contributed by atoms with Gasteiger partial charge < -0.3 is 16.0 Å². The molecule has 4 rings (SSSR count). The molecule has 1 aromatic carbocycles. The first-order valence-electron chi connectivity index (χ1n) is 10.8. The highest BCUT2D eigenvalue weighted by atomic mass is 35.5. The van der Waals surface area contributed by atoms with Gasteiger partial charge in [0, 0.05) is 46.2 Å². The van der Waals surface area contributed by atoms with Gasteiger partial charge in [0.25, 0.3) is 0 Å². The molecule has 0 bridgehead atoms. The highest BCUT2D eigenvalue weighted by Gasteiger charge is 2.70. The molecule has 2 heterocycles. The second kappa shape index (κ2) is 11.1. The van der Waals surface area contributed by atoms with Gasteiger partial charge in [0.15, 0.2) is 0 Å². The topological polar surface area (TPSA) is 58.4 Å². The molecule has 3 N–H and O–H groups in total. The smallest absolute Gasteiger partial charge is 0.317 e. The van der Waals surface area contributed by atoms with Crippen LogP contribution in [0, 0.1) is 5.92 Å². The van der Waals surface area contributed by atoms with E-state index in [2.05, 4.69) is 86.0 Å². The lowest BCUT2D eigenvalue weighted by Crippen LogP contribution is -2.48. The molecule has 174 valence electrons. The summed E-state index contributed by atoms with van der Waals surface area (Å²) in [6, 6.07) is 11.0. The summed E-state index contributed by atoms with van der Waals surface area (Å²) >= 11 is 4.21. The van der Waals surface area contributed by atoms with Gasteiger partial charge in [-0.25, -0.2) is 4.79 Å². The number of hydrogen-bond acceptors (Lipinski definition) is 4. The molecule has 0 spiro atoms. The molecule has 2 amide bonds. The number of nitrogens with one attached hydrogen (secondary N) is 1. The summed E-state index contributed by atoms with van der Waals surface area (Å²) in [5.74, 6) is 0.583. The lowest BCUT2D eigenvalue weighted by atomic mass is 9.83. The zero-order valence-corrected chi connectivity index (χ0v) is 21.7. The van der Waals surface area contributed by atoms with E-state index in [1.165, 1.54) is 11.1 Å². The van der Waals surface area contributed by atoms with Crippen molar-refractivity contribution in [3.05, 3.63) is 42.0 Å². The van der Waals surface area contributed by atoms with Gasteiger partial charge in [-0.1, -0.05) is 50.3 Å². The number of halogens is 2. The van der Waals surface area contributed by atoms with Crippen LogP contribution in [0.25, 0.3) is 5.57 Å². The number of thioether (sulfide) groups is 2. The molecule has 4 unspecified atom stereocenters.